The lowest BCUT2D eigenvalue weighted by atomic mass is 10.1. The first kappa shape index (κ1) is 13.6. The van der Waals surface area contributed by atoms with Gasteiger partial charge in [-0.3, -0.25) is 4.90 Å². The van der Waals surface area contributed by atoms with Gasteiger partial charge >= 0.3 is 6.09 Å². The predicted octanol–water partition coefficient (Wildman–Crippen LogP) is 3.52. The van der Waals surface area contributed by atoms with Crippen molar-refractivity contribution in [1.29, 1.82) is 0 Å². The van der Waals surface area contributed by atoms with Gasteiger partial charge in [0, 0.05) is 12.1 Å². The largest absolute Gasteiger partial charge is 0.419 e. The molecule has 21 heavy (non-hydrogen) atoms. The van der Waals surface area contributed by atoms with E-state index in [0.717, 1.165) is 17.7 Å². The second-order valence-electron chi connectivity index (χ2n) is 5.05. The average molecular weight is 283 g/mol. The monoisotopic (exact) mass is 283 g/mol. The highest BCUT2D eigenvalue weighted by Gasteiger charge is 2.26. The first-order chi connectivity index (χ1) is 10.3. The van der Waals surface area contributed by atoms with Crippen molar-refractivity contribution in [2.24, 2.45) is 0 Å². The molecule has 0 radical (unpaired) electrons. The fourth-order valence-corrected chi connectivity index (χ4v) is 2.57. The molecule has 1 heterocycles. The molecule has 1 aliphatic heterocycles. The zero-order valence-corrected chi connectivity index (χ0v) is 11.6. The maximum Gasteiger partial charge on any atom is 0.419 e. The number of amides is 1. The summed E-state index contributed by atoms with van der Waals surface area (Å²) in [6.07, 6.45) is 0.435. The van der Waals surface area contributed by atoms with Crippen molar-refractivity contribution >= 4 is 11.8 Å². The molecule has 2 aromatic rings. The molecule has 1 aliphatic rings. The van der Waals surface area contributed by atoms with E-state index in [9.17, 15) is 9.90 Å². The highest BCUT2D eigenvalue weighted by Crippen LogP contribution is 2.33. The lowest BCUT2D eigenvalue weighted by Crippen LogP contribution is -2.34. The van der Waals surface area contributed by atoms with Crippen LogP contribution in [0.3, 0.4) is 0 Å². The highest BCUT2D eigenvalue weighted by molar-refractivity contribution is 5.90. The van der Waals surface area contributed by atoms with Gasteiger partial charge in [0.05, 0.1) is 11.8 Å². The van der Waals surface area contributed by atoms with E-state index in [2.05, 4.69) is 0 Å². The number of benzene rings is 2. The summed E-state index contributed by atoms with van der Waals surface area (Å²) in [5.41, 5.74) is 1.50. The standard InChI is InChI=1S/C17H17NO3/c19-16-11-6-12-18(15-10-5-4-9-14(15)16)17(20)21-13-7-2-1-3-8-13/h1-5,7-10,16,19H,6,11-12H2. The van der Waals surface area contributed by atoms with E-state index >= 15 is 0 Å². The number of carbonyl (C=O) groups excluding carboxylic acids is 1. The van der Waals surface area contributed by atoms with E-state index in [-0.39, 0.29) is 0 Å². The molecule has 1 unspecified atom stereocenters. The Labute approximate surface area is 123 Å². The van der Waals surface area contributed by atoms with Crippen molar-refractivity contribution in [3.63, 3.8) is 0 Å². The van der Waals surface area contributed by atoms with E-state index in [4.69, 9.17) is 4.74 Å². The summed E-state index contributed by atoms with van der Waals surface area (Å²) in [6, 6.07) is 16.4. The fourth-order valence-electron chi connectivity index (χ4n) is 2.57. The number of para-hydroxylation sites is 2. The summed E-state index contributed by atoms with van der Waals surface area (Å²) in [5, 5.41) is 10.2. The normalized spacial score (nSPS) is 17.8. The van der Waals surface area contributed by atoms with E-state index in [0.29, 0.717) is 18.7 Å². The number of hydrogen-bond acceptors (Lipinski definition) is 3. The van der Waals surface area contributed by atoms with Crippen LogP contribution in [0.2, 0.25) is 0 Å². The summed E-state index contributed by atoms with van der Waals surface area (Å²) >= 11 is 0. The van der Waals surface area contributed by atoms with E-state index in [1.807, 2.05) is 42.5 Å². The third-order valence-electron chi connectivity index (χ3n) is 3.61. The molecule has 0 aliphatic carbocycles. The minimum absolute atomic E-state index is 0.414. The molecule has 1 atom stereocenters. The third kappa shape index (κ3) is 2.90. The van der Waals surface area contributed by atoms with Gasteiger partial charge in [0.1, 0.15) is 5.75 Å². The molecule has 108 valence electrons. The molecule has 1 amide bonds. The van der Waals surface area contributed by atoms with Crippen LogP contribution in [0.4, 0.5) is 10.5 Å². The first-order valence-corrected chi connectivity index (χ1v) is 7.07. The highest BCUT2D eigenvalue weighted by atomic mass is 16.6. The van der Waals surface area contributed by atoms with Gasteiger partial charge in [-0.2, -0.15) is 0 Å². The molecule has 3 rings (SSSR count). The molecule has 0 bridgehead atoms. The quantitative estimate of drug-likeness (QED) is 0.871. The molecular weight excluding hydrogens is 266 g/mol. The van der Waals surface area contributed by atoms with Gasteiger partial charge in [-0.15, -0.1) is 0 Å². The number of anilines is 1. The predicted molar refractivity (Wildman–Crippen MR) is 80.4 cm³/mol. The molecule has 0 fully saturated rings. The van der Waals surface area contributed by atoms with Crippen LogP contribution in [0.15, 0.2) is 54.6 Å². The van der Waals surface area contributed by atoms with Gasteiger partial charge in [-0.05, 0) is 31.0 Å². The molecule has 0 aromatic heterocycles. The van der Waals surface area contributed by atoms with E-state index in [1.165, 1.54) is 0 Å². The van der Waals surface area contributed by atoms with Crippen molar-refractivity contribution in [2.75, 3.05) is 11.4 Å². The number of carbonyl (C=O) groups is 1. The van der Waals surface area contributed by atoms with Crippen molar-refractivity contribution in [3.8, 4) is 5.75 Å². The van der Waals surface area contributed by atoms with Crippen LogP contribution in [0, 0.1) is 0 Å². The summed E-state index contributed by atoms with van der Waals surface area (Å²) in [4.78, 5) is 14.0. The Morgan fingerprint density at radius 3 is 2.62 bits per heavy atom. The summed E-state index contributed by atoms with van der Waals surface area (Å²) in [6.45, 7) is 0.541. The van der Waals surface area contributed by atoms with Crippen LogP contribution < -0.4 is 9.64 Å². The van der Waals surface area contributed by atoms with Crippen LogP contribution in [0.5, 0.6) is 5.75 Å². The van der Waals surface area contributed by atoms with Crippen LogP contribution >= 0.6 is 0 Å². The van der Waals surface area contributed by atoms with Gasteiger partial charge in [-0.1, -0.05) is 36.4 Å². The maximum absolute atomic E-state index is 12.4. The number of aliphatic hydroxyl groups excluding tert-OH is 1. The topological polar surface area (TPSA) is 49.8 Å². The van der Waals surface area contributed by atoms with Gasteiger partial charge in [0.15, 0.2) is 0 Å². The Morgan fingerprint density at radius 2 is 1.81 bits per heavy atom. The Morgan fingerprint density at radius 1 is 1.10 bits per heavy atom. The van der Waals surface area contributed by atoms with Gasteiger partial charge < -0.3 is 9.84 Å². The van der Waals surface area contributed by atoms with E-state index < -0.39 is 12.2 Å². The number of ether oxygens (including phenoxy) is 1. The van der Waals surface area contributed by atoms with Gasteiger partial charge in [0.2, 0.25) is 0 Å². The number of hydrogen-bond donors (Lipinski definition) is 1. The Bertz CT molecular complexity index is 627. The second-order valence-corrected chi connectivity index (χ2v) is 5.05. The van der Waals surface area contributed by atoms with Crippen molar-refractivity contribution in [2.45, 2.75) is 18.9 Å². The summed E-state index contributed by atoms with van der Waals surface area (Å²) < 4.78 is 5.41. The second kappa shape index (κ2) is 5.97. The summed E-state index contributed by atoms with van der Waals surface area (Å²) in [7, 11) is 0. The summed E-state index contributed by atoms with van der Waals surface area (Å²) in [5.74, 6) is 0.518. The SMILES string of the molecule is O=C(Oc1ccccc1)N1CCCC(O)c2ccccc21. The molecule has 0 saturated carbocycles. The van der Waals surface area contributed by atoms with Crippen molar-refractivity contribution in [3.05, 3.63) is 60.2 Å². The van der Waals surface area contributed by atoms with E-state index in [1.54, 1.807) is 17.0 Å². The molecular formula is C17H17NO3. The van der Waals surface area contributed by atoms with Gasteiger partial charge in [0.25, 0.3) is 0 Å². The lowest BCUT2D eigenvalue weighted by molar-refractivity contribution is 0.168. The lowest BCUT2D eigenvalue weighted by Gasteiger charge is -2.22. The van der Waals surface area contributed by atoms with Gasteiger partial charge in [-0.25, -0.2) is 4.79 Å². The Kier molecular flexibility index (Phi) is 3.88. The minimum atomic E-state index is -0.532. The molecule has 0 saturated heterocycles. The molecule has 0 spiro atoms. The van der Waals surface area contributed by atoms with Crippen molar-refractivity contribution < 1.29 is 14.6 Å². The smallest absolute Gasteiger partial charge is 0.410 e. The zero-order chi connectivity index (χ0) is 14.7. The minimum Gasteiger partial charge on any atom is -0.410 e. The molecule has 4 nitrogen and oxygen atoms in total. The van der Waals surface area contributed by atoms with Crippen molar-refractivity contribution in [1.82, 2.24) is 0 Å². The maximum atomic E-state index is 12.4. The fraction of sp³-hybridized carbons (Fsp3) is 0.235. The van der Waals surface area contributed by atoms with Crippen LogP contribution in [-0.4, -0.2) is 17.7 Å². The number of rotatable bonds is 1. The average Bonchev–Trinajstić information content (AvgIpc) is 2.68. The Balaban J connectivity index is 1.87. The van der Waals surface area contributed by atoms with Crippen LogP contribution in [0.25, 0.3) is 0 Å². The molecule has 1 N–H and O–H groups in total. The molecule has 2 aromatic carbocycles. The first-order valence-electron chi connectivity index (χ1n) is 7.07. The van der Waals surface area contributed by atoms with Crippen LogP contribution in [-0.2, 0) is 0 Å². The Hall–Kier alpha value is -2.33. The van der Waals surface area contributed by atoms with Crippen LogP contribution in [0.1, 0.15) is 24.5 Å². The number of fused-ring (bicyclic) bond motifs is 1. The number of aliphatic hydroxyl groups is 1. The third-order valence-corrected chi connectivity index (χ3v) is 3.61. The zero-order valence-electron chi connectivity index (χ0n) is 11.6. The number of nitrogens with zero attached hydrogens (tertiary/aromatic N) is 1. The molecule has 4 heteroatoms.